The van der Waals surface area contributed by atoms with Crippen molar-refractivity contribution in [3.8, 4) is 0 Å². The van der Waals surface area contributed by atoms with Gasteiger partial charge in [0, 0.05) is 17.1 Å². The van der Waals surface area contributed by atoms with E-state index in [0.717, 1.165) is 18.3 Å². The Labute approximate surface area is 128 Å². The van der Waals surface area contributed by atoms with Crippen molar-refractivity contribution in [1.82, 2.24) is 10.3 Å². The Bertz CT molecular complexity index is 399. The zero-order chi connectivity index (χ0) is 14.5. The fourth-order valence-corrected chi connectivity index (χ4v) is 4.30. The van der Waals surface area contributed by atoms with E-state index < -0.39 is 0 Å². The van der Waals surface area contributed by atoms with Crippen LogP contribution in [0.4, 0.5) is 0 Å². The maximum absolute atomic E-state index is 4.58. The Balaban J connectivity index is 1.85. The molecule has 1 aliphatic rings. The molecule has 1 fully saturated rings. The minimum Gasteiger partial charge on any atom is -0.305 e. The molecule has 1 N–H and O–H groups in total. The van der Waals surface area contributed by atoms with Crippen molar-refractivity contribution in [3.63, 3.8) is 0 Å². The highest BCUT2D eigenvalue weighted by Gasteiger charge is 2.24. The maximum atomic E-state index is 4.58. The molecule has 0 saturated heterocycles. The average molecular weight is 295 g/mol. The van der Waals surface area contributed by atoms with Crippen molar-refractivity contribution in [1.29, 1.82) is 0 Å². The summed E-state index contributed by atoms with van der Waals surface area (Å²) in [5.41, 5.74) is 0. The van der Waals surface area contributed by atoms with Crippen molar-refractivity contribution in [2.75, 3.05) is 0 Å². The van der Waals surface area contributed by atoms with E-state index in [0.29, 0.717) is 12.1 Å². The van der Waals surface area contributed by atoms with Gasteiger partial charge >= 0.3 is 0 Å². The van der Waals surface area contributed by atoms with Gasteiger partial charge in [0.2, 0.25) is 0 Å². The Morgan fingerprint density at radius 3 is 2.80 bits per heavy atom. The highest BCUT2D eigenvalue weighted by Crippen LogP contribution is 2.31. The molecule has 2 rings (SSSR count). The Morgan fingerprint density at radius 2 is 2.15 bits per heavy atom. The zero-order valence-electron chi connectivity index (χ0n) is 13.5. The van der Waals surface area contributed by atoms with Crippen LogP contribution in [0.5, 0.6) is 0 Å². The SMILES string of the molecule is CCc1cnc(C(C)NC2CCCC(CC(C)C)C2)s1. The quantitative estimate of drug-likeness (QED) is 0.802. The van der Waals surface area contributed by atoms with E-state index >= 15 is 0 Å². The second-order valence-electron chi connectivity index (χ2n) is 6.77. The highest BCUT2D eigenvalue weighted by molar-refractivity contribution is 7.11. The van der Waals surface area contributed by atoms with Gasteiger partial charge in [0.05, 0.1) is 6.04 Å². The normalized spacial score (nSPS) is 25.1. The molecule has 2 nitrogen and oxygen atoms in total. The molecule has 1 aromatic rings. The molecule has 0 amide bonds. The van der Waals surface area contributed by atoms with Crippen LogP contribution in [0.3, 0.4) is 0 Å². The third-order valence-corrected chi connectivity index (χ3v) is 5.69. The summed E-state index contributed by atoms with van der Waals surface area (Å²) in [5, 5.41) is 5.08. The molecule has 3 atom stereocenters. The number of nitrogens with one attached hydrogen (secondary N) is 1. The second-order valence-corrected chi connectivity index (χ2v) is 7.91. The number of hydrogen-bond donors (Lipinski definition) is 1. The van der Waals surface area contributed by atoms with E-state index in [-0.39, 0.29) is 0 Å². The third kappa shape index (κ3) is 4.56. The standard InChI is InChI=1S/C17H30N2S/c1-5-16-11-18-17(20-16)13(4)19-15-8-6-7-14(10-15)9-12(2)3/h11-15,19H,5-10H2,1-4H3. The lowest BCUT2D eigenvalue weighted by molar-refractivity contribution is 0.242. The largest absolute Gasteiger partial charge is 0.305 e. The van der Waals surface area contributed by atoms with Crippen molar-refractivity contribution < 1.29 is 0 Å². The molecule has 20 heavy (non-hydrogen) atoms. The Morgan fingerprint density at radius 1 is 1.35 bits per heavy atom. The molecular formula is C17H30N2S. The number of rotatable bonds is 6. The van der Waals surface area contributed by atoms with Crippen LogP contribution < -0.4 is 5.32 Å². The molecule has 0 spiro atoms. The summed E-state index contributed by atoms with van der Waals surface area (Å²) in [5.74, 6) is 1.76. The van der Waals surface area contributed by atoms with Gasteiger partial charge in [-0.2, -0.15) is 0 Å². The lowest BCUT2D eigenvalue weighted by Crippen LogP contribution is -2.36. The van der Waals surface area contributed by atoms with E-state index in [9.17, 15) is 0 Å². The van der Waals surface area contributed by atoms with Crippen molar-refractivity contribution in [3.05, 3.63) is 16.1 Å². The molecule has 1 aliphatic carbocycles. The fourth-order valence-electron chi connectivity index (χ4n) is 3.43. The van der Waals surface area contributed by atoms with Crippen LogP contribution in [0.2, 0.25) is 0 Å². The Kier molecular flexibility index (Phi) is 6.03. The van der Waals surface area contributed by atoms with Crippen LogP contribution in [0, 0.1) is 11.8 Å². The van der Waals surface area contributed by atoms with Crippen LogP contribution in [0.25, 0.3) is 0 Å². The summed E-state index contributed by atoms with van der Waals surface area (Å²) in [4.78, 5) is 5.97. The smallest absolute Gasteiger partial charge is 0.109 e. The first kappa shape index (κ1) is 16.0. The highest BCUT2D eigenvalue weighted by atomic mass is 32.1. The first-order valence-electron chi connectivity index (χ1n) is 8.29. The van der Waals surface area contributed by atoms with Gasteiger partial charge < -0.3 is 5.32 Å². The first-order valence-corrected chi connectivity index (χ1v) is 9.10. The predicted molar refractivity (Wildman–Crippen MR) is 88.2 cm³/mol. The van der Waals surface area contributed by atoms with E-state index in [1.165, 1.54) is 42.0 Å². The van der Waals surface area contributed by atoms with Gasteiger partial charge in [0.25, 0.3) is 0 Å². The van der Waals surface area contributed by atoms with Crippen LogP contribution in [0.15, 0.2) is 6.20 Å². The topological polar surface area (TPSA) is 24.9 Å². The molecule has 0 aliphatic heterocycles. The number of nitrogens with zero attached hydrogens (tertiary/aromatic N) is 1. The van der Waals surface area contributed by atoms with Gasteiger partial charge in [-0.25, -0.2) is 4.98 Å². The van der Waals surface area contributed by atoms with Crippen LogP contribution >= 0.6 is 11.3 Å². The maximum Gasteiger partial charge on any atom is 0.109 e. The minimum absolute atomic E-state index is 0.406. The van der Waals surface area contributed by atoms with Gasteiger partial charge in [0.1, 0.15) is 5.01 Å². The van der Waals surface area contributed by atoms with Gasteiger partial charge in [-0.1, -0.05) is 33.6 Å². The van der Waals surface area contributed by atoms with E-state index in [1.54, 1.807) is 0 Å². The summed E-state index contributed by atoms with van der Waals surface area (Å²) < 4.78 is 0. The van der Waals surface area contributed by atoms with Crippen molar-refractivity contribution in [2.45, 2.75) is 78.3 Å². The van der Waals surface area contributed by atoms with Crippen molar-refractivity contribution in [2.24, 2.45) is 11.8 Å². The molecule has 114 valence electrons. The number of hydrogen-bond acceptors (Lipinski definition) is 3. The van der Waals surface area contributed by atoms with E-state index in [2.05, 4.69) is 38.0 Å². The van der Waals surface area contributed by atoms with Crippen LogP contribution in [0.1, 0.15) is 75.7 Å². The molecule has 3 unspecified atom stereocenters. The summed E-state index contributed by atoms with van der Waals surface area (Å²) in [7, 11) is 0. The minimum atomic E-state index is 0.406. The molecule has 1 aromatic heterocycles. The van der Waals surface area contributed by atoms with Crippen LogP contribution in [-0.2, 0) is 6.42 Å². The van der Waals surface area contributed by atoms with E-state index in [1.807, 2.05) is 17.5 Å². The lowest BCUT2D eigenvalue weighted by Gasteiger charge is -2.32. The van der Waals surface area contributed by atoms with Crippen molar-refractivity contribution >= 4 is 11.3 Å². The Hall–Kier alpha value is -0.410. The zero-order valence-corrected chi connectivity index (χ0v) is 14.3. The molecule has 0 radical (unpaired) electrons. The van der Waals surface area contributed by atoms with Gasteiger partial charge in [-0.15, -0.1) is 11.3 Å². The number of aromatic nitrogens is 1. The summed E-state index contributed by atoms with van der Waals surface area (Å²) in [6, 6.07) is 1.10. The molecule has 1 heterocycles. The average Bonchev–Trinajstić information content (AvgIpc) is 2.87. The molecule has 0 bridgehead atoms. The third-order valence-electron chi connectivity index (χ3n) is 4.36. The summed E-state index contributed by atoms with van der Waals surface area (Å²) >= 11 is 1.87. The molecule has 3 heteroatoms. The number of thiazole rings is 1. The molecule has 1 saturated carbocycles. The summed E-state index contributed by atoms with van der Waals surface area (Å²) in [6.07, 6.45) is 10.1. The summed E-state index contributed by atoms with van der Waals surface area (Å²) in [6.45, 7) is 9.17. The first-order chi connectivity index (χ1) is 9.58. The monoisotopic (exact) mass is 294 g/mol. The van der Waals surface area contributed by atoms with E-state index in [4.69, 9.17) is 0 Å². The molecular weight excluding hydrogens is 264 g/mol. The number of aryl methyl sites for hydroxylation is 1. The molecule has 0 aromatic carbocycles. The second kappa shape index (κ2) is 7.56. The van der Waals surface area contributed by atoms with Gasteiger partial charge in [-0.05, 0) is 44.4 Å². The lowest BCUT2D eigenvalue weighted by atomic mass is 9.81. The predicted octanol–water partition coefficient (Wildman–Crippen LogP) is 4.96. The van der Waals surface area contributed by atoms with Gasteiger partial charge in [0.15, 0.2) is 0 Å². The van der Waals surface area contributed by atoms with Gasteiger partial charge in [-0.3, -0.25) is 0 Å². The van der Waals surface area contributed by atoms with Crippen LogP contribution in [-0.4, -0.2) is 11.0 Å². The fraction of sp³-hybridized carbons (Fsp3) is 0.824.